The molecule has 1 N–H and O–H groups in total. The number of halogens is 1. The van der Waals surface area contributed by atoms with Gasteiger partial charge in [-0.3, -0.25) is 0 Å². The zero-order valence-electron chi connectivity index (χ0n) is 10.8. The third-order valence-corrected chi connectivity index (χ3v) is 2.75. The van der Waals surface area contributed by atoms with E-state index in [-0.39, 0.29) is 0 Å². The van der Waals surface area contributed by atoms with Gasteiger partial charge in [-0.25, -0.2) is 9.97 Å². The van der Waals surface area contributed by atoms with Crippen molar-refractivity contribution in [1.29, 1.82) is 0 Å². The molecule has 1 aromatic carbocycles. The molecule has 0 saturated heterocycles. The van der Waals surface area contributed by atoms with Crippen LogP contribution in [-0.2, 0) is 6.42 Å². The number of rotatable bonds is 3. The van der Waals surface area contributed by atoms with Gasteiger partial charge in [0.1, 0.15) is 16.8 Å². The maximum atomic E-state index is 5.97. The molecule has 94 valence electrons. The number of benzene rings is 1. The van der Waals surface area contributed by atoms with Gasteiger partial charge in [-0.2, -0.15) is 0 Å². The van der Waals surface area contributed by atoms with Crippen molar-refractivity contribution in [3.05, 3.63) is 46.4 Å². The van der Waals surface area contributed by atoms with Gasteiger partial charge in [-0.1, -0.05) is 24.6 Å². The van der Waals surface area contributed by atoms with Crippen LogP contribution in [0.15, 0.2) is 24.3 Å². The lowest BCUT2D eigenvalue weighted by Gasteiger charge is -2.09. The standard InChI is InChI=1S/C14H16ClN3/c1-4-13-17-12(15)8-14(18-13)16-11-6-9(2)5-10(3)7-11/h5-8H,4H2,1-3H3,(H,16,17,18). The molecular formula is C14H16ClN3. The highest BCUT2D eigenvalue weighted by molar-refractivity contribution is 6.29. The molecular weight excluding hydrogens is 246 g/mol. The molecule has 0 aliphatic carbocycles. The maximum Gasteiger partial charge on any atom is 0.135 e. The second-order valence-corrected chi connectivity index (χ2v) is 4.73. The van der Waals surface area contributed by atoms with E-state index in [9.17, 15) is 0 Å². The average Bonchev–Trinajstić information content (AvgIpc) is 2.26. The van der Waals surface area contributed by atoms with Gasteiger partial charge < -0.3 is 5.32 Å². The van der Waals surface area contributed by atoms with Crippen LogP contribution in [0.5, 0.6) is 0 Å². The first-order chi connectivity index (χ1) is 8.56. The molecule has 4 heteroatoms. The first-order valence-corrected chi connectivity index (χ1v) is 6.33. The van der Waals surface area contributed by atoms with E-state index in [0.717, 1.165) is 23.8 Å². The molecule has 2 aromatic rings. The van der Waals surface area contributed by atoms with E-state index in [4.69, 9.17) is 11.6 Å². The third kappa shape index (κ3) is 3.20. The summed E-state index contributed by atoms with van der Waals surface area (Å²) in [6.45, 7) is 6.15. The lowest BCUT2D eigenvalue weighted by Crippen LogP contribution is -2.00. The molecule has 1 heterocycles. The second-order valence-electron chi connectivity index (χ2n) is 4.35. The summed E-state index contributed by atoms with van der Waals surface area (Å²) in [6, 6.07) is 8.03. The first kappa shape index (κ1) is 12.8. The minimum Gasteiger partial charge on any atom is -0.340 e. The topological polar surface area (TPSA) is 37.8 Å². The van der Waals surface area contributed by atoms with Crippen LogP contribution < -0.4 is 5.32 Å². The number of nitrogens with zero attached hydrogens (tertiary/aromatic N) is 2. The van der Waals surface area contributed by atoms with Crippen molar-refractivity contribution in [2.24, 2.45) is 0 Å². The van der Waals surface area contributed by atoms with E-state index in [0.29, 0.717) is 5.15 Å². The summed E-state index contributed by atoms with van der Waals surface area (Å²) in [6.07, 6.45) is 0.766. The van der Waals surface area contributed by atoms with Crippen molar-refractivity contribution in [3.63, 3.8) is 0 Å². The van der Waals surface area contributed by atoms with Crippen molar-refractivity contribution < 1.29 is 0 Å². The molecule has 0 aliphatic rings. The normalized spacial score (nSPS) is 10.4. The van der Waals surface area contributed by atoms with Gasteiger partial charge in [0.15, 0.2) is 0 Å². The van der Waals surface area contributed by atoms with Crippen LogP contribution >= 0.6 is 11.6 Å². The number of nitrogens with one attached hydrogen (secondary N) is 1. The van der Waals surface area contributed by atoms with E-state index < -0.39 is 0 Å². The van der Waals surface area contributed by atoms with E-state index >= 15 is 0 Å². The van der Waals surface area contributed by atoms with E-state index in [1.807, 2.05) is 6.92 Å². The number of aromatic nitrogens is 2. The minimum absolute atomic E-state index is 0.466. The monoisotopic (exact) mass is 261 g/mol. The van der Waals surface area contributed by atoms with Crippen LogP contribution in [0.2, 0.25) is 5.15 Å². The predicted molar refractivity (Wildman–Crippen MR) is 75.6 cm³/mol. The molecule has 2 rings (SSSR count). The molecule has 0 fully saturated rings. The zero-order chi connectivity index (χ0) is 13.1. The Morgan fingerprint density at radius 2 is 1.72 bits per heavy atom. The molecule has 3 nitrogen and oxygen atoms in total. The number of hydrogen-bond acceptors (Lipinski definition) is 3. The van der Waals surface area contributed by atoms with Gasteiger partial charge in [-0.05, 0) is 37.1 Å². The van der Waals surface area contributed by atoms with Crippen molar-refractivity contribution in [2.45, 2.75) is 27.2 Å². The fraction of sp³-hybridized carbons (Fsp3) is 0.286. The van der Waals surface area contributed by atoms with Crippen LogP contribution in [-0.4, -0.2) is 9.97 Å². The maximum absolute atomic E-state index is 5.97. The van der Waals surface area contributed by atoms with Crippen LogP contribution in [0.3, 0.4) is 0 Å². The van der Waals surface area contributed by atoms with Crippen molar-refractivity contribution in [3.8, 4) is 0 Å². The summed E-state index contributed by atoms with van der Waals surface area (Å²) in [5, 5.41) is 3.73. The Morgan fingerprint density at radius 1 is 1.06 bits per heavy atom. The van der Waals surface area contributed by atoms with E-state index in [1.54, 1.807) is 6.07 Å². The molecule has 0 unspecified atom stereocenters. The third-order valence-electron chi connectivity index (χ3n) is 2.55. The Kier molecular flexibility index (Phi) is 3.82. The number of aryl methyl sites for hydroxylation is 3. The van der Waals surface area contributed by atoms with E-state index in [2.05, 4.69) is 47.3 Å². The summed E-state index contributed by atoms with van der Waals surface area (Å²) >= 11 is 5.97. The van der Waals surface area contributed by atoms with Gasteiger partial charge in [0, 0.05) is 18.2 Å². The minimum atomic E-state index is 0.466. The quantitative estimate of drug-likeness (QED) is 0.847. The van der Waals surface area contributed by atoms with Crippen molar-refractivity contribution in [1.82, 2.24) is 9.97 Å². The largest absolute Gasteiger partial charge is 0.340 e. The van der Waals surface area contributed by atoms with Crippen LogP contribution in [0.25, 0.3) is 0 Å². The van der Waals surface area contributed by atoms with Crippen LogP contribution in [0.1, 0.15) is 23.9 Å². The van der Waals surface area contributed by atoms with Crippen LogP contribution in [0.4, 0.5) is 11.5 Å². The molecule has 0 atom stereocenters. The van der Waals surface area contributed by atoms with Crippen molar-refractivity contribution >= 4 is 23.1 Å². The van der Waals surface area contributed by atoms with E-state index in [1.165, 1.54) is 11.1 Å². The van der Waals surface area contributed by atoms with Gasteiger partial charge in [0.25, 0.3) is 0 Å². The summed E-state index contributed by atoms with van der Waals surface area (Å²) in [4.78, 5) is 8.54. The Balaban J connectivity index is 2.30. The lowest BCUT2D eigenvalue weighted by atomic mass is 10.1. The first-order valence-electron chi connectivity index (χ1n) is 5.95. The van der Waals surface area contributed by atoms with Crippen molar-refractivity contribution in [2.75, 3.05) is 5.32 Å². The fourth-order valence-corrected chi connectivity index (χ4v) is 2.08. The Hall–Kier alpha value is -1.61. The fourth-order valence-electron chi connectivity index (χ4n) is 1.88. The summed E-state index contributed by atoms with van der Waals surface area (Å²) < 4.78 is 0. The molecule has 18 heavy (non-hydrogen) atoms. The molecule has 1 aromatic heterocycles. The number of anilines is 2. The average molecular weight is 262 g/mol. The SMILES string of the molecule is CCc1nc(Cl)cc(Nc2cc(C)cc(C)c2)n1. The Bertz CT molecular complexity index is 547. The molecule has 0 spiro atoms. The molecule has 0 saturated carbocycles. The summed E-state index contributed by atoms with van der Waals surface area (Å²) in [7, 11) is 0. The van der Waals surface area contributed by atoms with Crippen LogP contribution in [0, 0.1) is 13.8 Å². The molecule has 0 radical (unpaired) electrons. The predicted octanol–water partition coefficient (Wildman–Crippen LogP) is 4.05. The highest BCUT2D eigenvalue weighted by Crippen LogP contribution is 2.20. The second kappa shape index (κ2) is 5.36. The summed E-state index contributed by atoms with van der Waals surface area (Å²) in [5.74, 6) is 1.48. The van der Waals surface area contributed by atoms with Gasteiger partial charge in [0.2, 0.25) is 0 Å². The van der Waals surface area contributed by atoms with Gasteiger partial charge >= 0.3 is 0 Å². The zero-order valence-corrected chi connectivity index (χ0v) is 11.5. The van der Waals surface area contributed by atoms with Gasteiger partial charge in [0.05, 0.1) is 0 Å². The molecule has 0 bridgehead atoms. The smallest absolute Gasteiger partial charge is 0.135 e. The summed E-state index contributed by atoms with van der Waals surface area (Å²) in [5.41, 5.74) is 3.45. The Morgan fingerprint density at radius 3 is 2.33 bits per heavy atom. The number of hydrogen-bond donors (Lipinski definition) is 1. The highest BCUT2D eigenvalue weighted by atomic mass is 35.5. The molecule has 0 aliphatic heterocycles. The highest BCUT2D eigenvalue weighted by Gasteiger charge is 2.03. The van der Waals surface area contributed by atoms with Gasteiger partial charge in [-0.15, -0.1) is 0 Å². The lowest BCUT2D eigenvalue weighted by molar-refractivity contribution is 0.943. The molecule has 0 amide bonds. The Labute approximate surface area is 112 Å².